The maximum atomic E-state index is 11.2. The number of aliphatic hydroxyl groups excluding tert-OH is 1. The number of carbonyl (C=O) groups excluding carboxylic acids is 1. The van der Waals surface area contributed by atoms with Crippen LogP contribution in [0.15, 0.2) is 107 Å². The first-order chi connectivity index (χ1) is 22.5. The maximum absolute atomic E-state index is 11.2. The third kappa shape index (κ3) is 9.14. The van der Waals surface area contributed by atoms with Gasteiger partial charge < -0.3 is 5.11 Å². The van der Waals surface area contributed by atoms with E-state index in [-0.39, 0.29) is 31.6 Å². The van der Waals surface area contributed by atoms with E-state index in [0.29, 0.717) is 30.6 Å². The molecule has 0 amide bonds. The Morgan fingerprint density at radius 3 is 2.17 bits per heavy atom. The van der Waals surface area contributed by atoms with Gasteiger partial charge in [0.1, 0.15) is 0 Å². The molecule has 5 aromatic rings. The molecule has 251 valence electrons. The van der Waals surface area contributed by atoms with E-state index in [9.17, 15) is 9.90 Å². The van der Waals surface area contributed by atoms with Crippen molar-refractivity contribution < 1.29 is 30.0 Å². The fourth-order valence-corrected chi connectivity index (χ4v) is 7.26. The van der Waals surface area contributed by atoms with Gasteiger partial charge in [0.15, 0.2) is 5.78 Å². The topological polar surface area (TPSA) is 50.2 Å². The Morgan fingerprint density at radius 1 is 0.812 bits per heavy atom. The zero-order chi connectivity index (χ0) is 33.7. The van der Waals surface area contributed by atoms with Crippen LogP contribution in [0, 0.1) is 30.7 Å². The molecule has 0 spiro atoms. The third-order valence-corrected chi connectivity index (χ3v) is 9.18. The Kier molecular flexibility index (Phi) is 13.0. The van der Waals surface area contributed by atoms with E-state index in [2.05, 4.69) is 112 Å². The molecule has 1 aliphatic rings. The van der Waals surface area contributed by atoms with Crippen LogP contribution in [-0.2, 0) is 31.3 Å². The van der Waals surface area contributed by atoms with E-state index in [1.807, 2.05) is 39.5 Å². The maximum Gasteiger partial charge on any atom is 0.159 e. The van der Waals surface area contributed by atoms with Crippen molar-refractivity contribution in [1.29, 1.82) is 0 Å². The molecule has 1 aliphatic heterocycles. The van der Waals surface area contributed by atoms with Gasteiger partial charge in [-0.15, -0.1) is 35.5 Å². The van der Waals surface area contributed by atoms with Crippen LogP contribution in [0.2, 0.25) is 0 Å². The number of allylic oxidation sites excluding steroid dienone is 2. The molecule has 5 heteroatoms. The summed E-state index contributed by atoms with van der Waals surface area (Å²) in [6.07, 6.45) is 3.49. The molecule has 3 nitrogen and oxygen atoms in total. The molecule has 2 heterocycles. The van der Waals surface area contributed by atoms with E-state index in [1.54, 1.807) is 0 Å². The average Bonchev–Trinajstić information content (AvgIpc) is 3.15. The van der Waals surface area contributed by atoms with Gasteiger partial charge in [0.2, 0.25) is 0 Å². The number of aromatic nitrogens is 1. The summed E-state index contributed by atoms with van der Waals surface area (Å²) in [5, 5.41) is 10.6. The molecule has 1 radical (unpaired) electrons. The number of rotatable bonds is 8. The van der Waals surface area contributed by atoms with Crippen LogP contribution in [0.4, 0.5) is 0 Å². The Labute approximate surface area is 304 Å². The van der Waals surface area contributed by atoms with Gasteiger partial charge in [-0.3, -0.25) is 9.78 Å². The molecular formula is C43H46IrNO2S-. The molecule has 0 bridgehead atoms. The minimum atomic E-state index is 0. The molecule has 0 saturated carbocycles. The summed E-state index contributed by atoms with van der Waals surface area (Å²) in [5.74, 6) is 1.55. The monoisotopic (exact) mass is 833 g/mol. The molecule has 0 saturated heterocycles. The molecule has 1 N–H and O–H groups in total. The predicted molar refractivity (Wildman–Crippen MR) is 199 cm³/mol. The van der Waals surface area contributed by atoms with E-state index in [1.165, 1.54) is 54.6 Å². The molecule has 0 aliphatic carbocycles. The largest absolute Gasteiger partial charge is 0.512 e. The average molecular weight is 833 g/mol. The van der Waals surface area contributed by atoms with Gasteiger partial charge in [-0.1, -0.05) is 118 Å². The number of nitrogens with zero attached hydrogens (tertiary/aromatic N) is 1. The minimum absolute atomic E-state index is 0. The van der Waals surface area contributed by atoms with E-state index in [0.717, 1.165) is 23.2 Å². The summed E-state index contributed by atoms with van der Waals surface area (Å²) in [4.78, 5) is 18.9. The van der Waals surface area contributed by atoms with E-state index < -0.39 is 0 Å². The summed E-state index contributed by atoms with van der Waals surface area (Å²) < 4.78 is 0. The molecular weight excluding hydrogens is 787 g/mol. The number of pyridine rings is 1. The second-order valence-electron chi connectivity index (χ2n) is 13.8. The molecule has 4 aromatic carbocycles. The molecule has 1 aromatic heterocycles. The van der Waals surface area contributed by atoms with Gasteiger partial charge in [-0.25, -0.2) is 0 Å². The van der Waals surface area contributed by atoms with Crippen molar-refractivity contribution >= 4 is 28.4 Å². The van der Waals surface area contributed by atoms with Gasteiger partial charge in [-0.05, 0) is 71.7 Å². The van der Waals surface area contributed by atoms with Crippen LogP contribution >= 0.6 is 11.8 Å². The van der Waals surface area contributed by atoms with Crippen molar-refractivity contribution in [2.75, 3.05) is 0 Å². The number of ketones is 1. The Balaban J connectivity index is 0.000000319. The van der Waals surface area contributed by atoms with Crippen LogP contribution in [0.25, 0.3) is 44.4 Å². The van der Waals surface area contributed by atoms with Crippen LogP contribution in [0.3, 0.4) is 0 Å². The summed E-state index contributed by atoms with van der Waals surface area (Å²) in [7, 11) is 0. The van der Waals surface area contributed by atoms with Gasteiger partial charge >= 0.3 is 0 Å². The number of fused-ring (bicyclic) bond motifs is 6. The molecule has 6 rings (SSSR count). The number of aliphatic hydroxyl groups is 1. The van der Waals surface area contributed by atoms with Gasteiger partial charge in [0.25, 0.3) is 0 Å². The smallest absolute Gasteiger partial charge is 0.159 e. The van der Waals surface area contributed by atoms with Crippen molar-refractivity contribution in [2.24, 2.45) is 17.8 Å². The van der Waals surface area contributed by atoms with Gasteiger partial charge in [0, 0.05) is 49.3 Å². The zero-order valence-electron chi connectivity index (χ0n) is 29.1. The van der Waals surface area contributed by atoms with Gasteiger partial charge in [0.05, 0.1) is 11.3 Å². The molecule has 0 unspecified atom stereocenters. The third-order valence-electron chi connectivity index (χ3n) is 8.04. The zero-order valence-corrected chi connectivity index (χ0v) is 32.3. The normalized spacial score (nSPS) is 12.1. The Morgan fingerprint density at radius 2 is 1.48 bits per heavy atom. The summed E-state index contributed by atoms with van der Waals surface area (Å²) in [6, 6.07) is 34.2. The van der Waals surface area contributed by atoms with Crippen LogP contribution in [0.1, 0.15) is 65.5 Å². The first kappa shape index (κ1) is 37.3. The van der Waals surface area contributed by atoms with E-state index >= 15 is 0 Å². The molecule has 0 fully saturated rings. The Hall–Kier alpha value is -3.50. The van der Waals surface area contributed by atoms with Crippen molar-refractivity contribution in [3.05, 3.63) is 114 Å². The number of hydrogen-bond donors (Lipinski definition) is 1. The van der Waals surface area contributed by atoms with E-state index in [4.69, 9.17) is 4.98 Å². The van der Waals surface area contributed by atoms with Crippen molar-refractivity contribution in [2.45, 2.75) is 77.5 Å². The van der Waals surface area contributed by atoms with Crippen molar-refractivity contribution in [3.8, 4) is 33.5 Å². The fraction of sp³-hybridized carbons (Fsp3) is 0.302. The number of benzene rings is 4. The standard InChI is InChI=1S/C32H26NS.C11H20O2.Ir/c1-20(2)17-22-19-29(33-28-16-15-21(3)18-27(22)28)26-12-8-14-31-32(26)25-11-5-4-9-23(25)24-10-6-7-13-30(24)34-31;1-8(2)5-10(12)7-11(13)6-9(3)4;/h4-11,13-16,18-20H,17H2,1-3H3;7-9,12H,5-6H2,1-4H3;/q-1;;/b;10-7-;. The summed E-state index contributed by atoms with van der Waals surface area (Å²) in [6.45, 7) is 14.7. The SMILES string of the molecule is CC(C)CC(=O)/C=C(\O)CC(C)C.Cc1ccc2nc(-c3[c-]ccc4c3-c3ccccc3-c3ccccc3S4)cc(CC(C)C)c2c1.[Ir]. The van der Waals surface area contributed by atoms with Crippen LogP contribution in [0.5, 0.6) is 0 Å². The fourth-order valence-electron chi connectivity index (χ4n) is 6.14. The van der Waals surface area contributed by atoms with Crippen molar-refractivity contribution in [3.63, 3.8) is 0 Å². The predicted octanol–water partition coefficient (Wildman–Crippen LogP) is 12.1. The summed E-state index contributed by atoms with van der Waals surface area (Å²) in [5.41, 5.74) is 10.8. The second kappa shape index (κ2) is 16.7. The minimum Gasteiger partial charge on any atom is -0.512 e. The second-order valence-corrected chi connectivity index (χ2v) is 14.9. The van der Waals surface area contributed by atoms with Crippen molar-refractivity contribution in [1.82, 2.24) is 4.98 Å². The number of hydrogen-bond acceptors (Lipinski definition) is 4. The number of carbonyl (C=O) groups is 1. The summed E-state index contributed by atoms with van der Waals surface area (Å²) >= 11 is 1.84. The van der Waals surface area contributed by atoms with Crippen LogP contribution in [-0.4, -0.2) is 15.9 Å². The molecule has 0 atom stereocenters. The number of aryl methyl sites for hydroxylation is 1. The first-order valence-corrected chi connectivity index (χ1v) is 17.6. The quantitative estimate of drug-likeness (QED) is 0.0943. The first-order valence-electron chi connectivity index (χ1n) is 16.7. The van der Waals surface area contributed by atoms with Gasteiger partial charge in [-0.2, -0.15) is 0 Å². The van der Waals surface area contributed by atoms with Crippen LogP contribution < -0.4 is 0 Å². The molecule has 48 heavy (non-hydrogen) atoms. The Bertz CT molecular complexity index is 1920.